The maximum Gasteiger partial charge on any atom is 0.338 e. The smallest absolute Gasteiger partial charge is 0.338 e. The maximum atomic E-state index is 12.6. The van der Waals surface area contributed by atoms with Gasteiger partial charge in [-0.3, -0.25) is 4.79 Å². The monoisotopic (exact) mass is 449 g/mol. The molecule has 2 aromatic carbocycles. The normalized spacial score (nSPS) is 10.8. The first-order valence-electron chi connectivity index (χ1n) is 10.4. The maximum absolute atomic E-state index is 12.6. The summed E-state index contributed by atoms with van der Waals surface area (Å²) in [6.07, 6.45) is 1.59. The zero-order valence-corrected chi connectivity index (χ0v) is 19.3. The summed E-state index contributed by atoms with van der Waals surface area (Å²) >= 11 is 0. The van der Waals surface area contributed by atoms with E-state index in [1.165, 1.54) is 7.11 Å². The van der Waals surface area contributed by atoms with E-state index in [1.54, 1.807) is 50.6 Å². The molecule has 1 aromatic heterocycles. The van der Waals surface area contributed by atoms with Crippen molar-refractivity contribution in [2.75, 3.05) is 20.8 Å². The molecule has 3 rings (SSSR count). The van der Waals surface area contributed by atoms with Gasteiger partial charge in [-0.2, -0.15) is 5.10 Å². The summed E-state index contributed by atoms with van der Waals surface area (Å²) in [5.41, 5.74) is 6.89. The first-order chi connectivity index (χ1) is 15.9. The standard InChI is InChI=1S/C25H27N3O5/c1-6-33-25(30)18-8-7-9-20(13-18)28-16(2)12-19(17(28)3)15-26-27-24(29)22-11-10-21(31-4)14-23(22)32-5/h7-15H,6H2,1-5H3,(H,27,29). The van der Waals surface area contributed by atoms with Gasteiger partial charge in [-0.1, -0.05) is 6.07 Å². The lowest BCUT2D eigenvalue weighted by molar-refractivity contribution is 0.0526. The Kier molecular flexibility index (Phi) is 7.50. The van der Waals surface area contributed by atoms with Gasteiger partial charge in [0.25, 0.3) is 5.91 Å². The van der Waals surface area contributed by atoms with Gasteiger partial charge in [0, 0.05) is 28.7 Å². The van der Waals surface area contributed by atoms with E-state index in [2.05, 4.69) is 10.5 Å². The number of nitrogens with zero attached hydrogens (tertiary/aromatic N) is 2. The van der Waals surface area contributed by atoms with Crippen molar-refractivity contribution in [2.24, 2.45) is 5.10 Å². The molecule has 8 nitrogen and oxygen atoms in total. The van der Waals surface area contributed by atoms with E-state index in [9.17, 15) is 9.59 Å². The van der Waals surface area contributed by atoms with Crippen LogP contribution >= 0.6 is 0 Å². The quantitative estimate of drug-likeness (QED) is 0.318. The van der Waals surface area contributed by atoms with Gasteiger partial charge in [0.2, 0.25) is 0 Å². The van der Waals surface area contributed by atoms with E-state index < -0.39 is 5.91 Å². The average Bonchev–Trinajstić information content (AvgIpc) is 3.11. The molecule has 33 heavy (non-hydrogen) atoms. The number of aromatic nitrogens is 1. The molecule has 0 aliphatic carbocycles. The molecule has 1 N–H and O–H groups in total. The van der Waals surface area contributed by atoms with E-state index in [-0.39, 0.29) is 5.97 Å². The highest BCUT2D eigenvalue weighted by molar-refractivity contribution is 5.97. The Bertz CT molecular complexity index is 1200. The number of methoxy groups -OCH3 is 2. The molecule has 172 valence electrons. The fourth-order valence-electron chi connectivity index (χ4n) is 3.51. The number of hydrogen-bond donors (Lipinski definition) is 1. The van der Waals surface area contributed by atoms with Crippen molar-refractivity contribution < 1.29 is 23.8 Å². The number of esters is 1. The fourth-order valence-corrected chi connectivity index (χ4v) is 3.51. The van der Waals surface area contributed by atoms with Crippen molar-refractivity contribution in [3.05, 3.63) is 76.6 Å². The van der Waals surface area contributed by atoms with Crippen LogP contribution in [0.4, 0.5) is 0 Å². The second-order valence-corrected chi connectivity index (χ2v) is 7.20. The van der Waals surface area contributed by atoms with Crippen molar-refractivity contribution in [3.8, 4) is 17.2 Å². The third-order valence-corrected chi connectivity index (χ3v) is 5.11. The summed E-state index contributed by atoms with van der Waals surface area (Å²) in [5.74, 6) is 0.218. The molecule has 0 radical (unpaired) electrons. The molecule has 3 aromatic rings. The molecule has 0 aliphatic heterocycles. The fraction of sp³-hybridized carbons (Fsp3) is 0.240. The molecular formula is C25H27N3O5. The molecule has 0 saturated carbocycles. The van der Waals surface area contributed by atoms with Gasteiger partial charge in [0.15, 0.2) is 0 Å². The van der Waals surface area contributed by atoms with Crippen molar-refractivity contribution in [3.63, 3.8) is 0 Å². The summed E-state index contributed by atoms with van der Waals surface area (Å²) in [6, 6.07) is 14.1. The van der Waals surface area contributed by atoms with Crippen LogP contribution in [0, 0.1) is 13.8 Å². The molecular weight excluding hydrogens is 422 g/mol. The first-order valence-corrected chi connectivity index (χ1v) is 10.4. The molecule has 1 heterocycles. The van der Waals surface area contributed by atoms with Crippen molar-refractivity contribution in [2.45, 2.75) is 20.8 Å². The highest BCUT2D eigenvalue weighted by Gasteiger charge is 2.14. The van der Waals surface area contributed by atoms with Crippen LogP contribution in [0.1, 0.15) is 44.6 Å². The van der Waals surface area contributed by atoms with Crippen LogP contribution in [0.15, 0.2) is 53.6 Å². The molecule has 0 aliphatic rings. The minimum Gasteiger partial charge on any atom is -0.497 e. The minimum atomic E-state index is -0.401. The number of rotatable bonds is 8. The third kappa shape index (κ3) is 5.23. The summed E-state index contributed by atoms with van der Waals surface area (Å²) < 4.78 is 17.5. The summed E-state index contributed by atoms with van der Waals surface area (Å²) in [4.78, 5) is 24.7. The molecule has 0 fully saturated rings. The number of carbonyl (C=O) groups is 2. The van der Waals surface area contributed by atoms with Gasteiger partial charge >= 0.3 is 5.97 Å². The molecule has 8 heteroatoms. The minimum absolute atomic E-state index is 0.319. The number of amides is 1. The summed E-state index contributed by atoms with van der Waals surface area (Å²) in [6.45, 7) is 6.00. The molecule has 1 amide bonds. The topological polar surface area (TPSA) is 91.2 Å². The molecule has 0 bridgehead atoms. The third-order valence-electron chi connectivity index (χ3n) is 5.11. The lowest BCUT2D eigenvalue weighted by Crippen LogP contribution is -2.18. The lowest BCUT2D eigenvalue weighted by Gasteiger charge is -2.11. The van der Waals surface area contributed by atoms with Gasteiger partial charge in [-0.15, -0.1) is 0 Å². The number of carbonyl (C=O) groups excluding carboxylic acids is 2. The Balaban J connectivity index is 1.80. The number of hydrazone groups is 1. The van der Waals surface area contributed by atoms with E-state index in [4.69, 9.17) is 14.2 Å². The average molecular weight is 450 g/mol. The Morgan fingerprint density at radius 3 is 2.55 bits per heavy atom. The van der Waals surface area contributed by atoms with Crippen molar-refractivity contribution in [1.29, 1.82) is 0 Å². The molecule has 0 spiro atoms. The molecule has 0 unspecified atom stereocenters. The Morgan fingerprint density at radius 1 is 1.06 bits per heavy atom. The lowest BCUT2D eigenvalue weighted by atomic mass is 10.2. The van der Waals surface area contributed by atoms with Gasteiger partial charge in [0.05, 0.1) is 38.2 Å². The van der Waals surface area contributed by atoms with Crippen LogP contribution in [0.3, 0.4) is 0 Å². The van der Waals surface area contributed by atoms with Crippen LogP contribution < -0.4 is 14.9 Å². The second kappa shape index (κ2) is 10.5. The van der Waals surface area contributed by atoms with Crippen LogP contribution in [0.5, 0.6) is 11.5 Å². The molecule has 0 saturated heterocycles. The van der Waals surface area contributed by atoms with Crippen LogP contribution in [-0.4, -0.2) is 43.5 Å². The number of benzene rings is 2. The Morgan fingerprint density at radius 2 is 1.85 bits per heavy atom. The highest BCUT2D eigenvalue weighted by Crippen LogP contribution is 2.24. The zero-order valence-electron chi connectivity index (χ0n) is 19.3. The largest absolute Gasteiger partial charge is 0.497 e. The van der Waals surface area contributed by atoms with Crippen molar-refractivity contribution >= 4 is 18.1 Å². The summed E-state index contributed by atoms with van der Waals surface area (Å²) in [5, 5.41) is 4.12. The summed E-state index contributed by atoms with van der Waals surface area (Å²) in [7, 11) is 3.03. The van der Waals surface area contributed by atoms with Crippen molar-refractivity contribution in [1.82, 2.24) is 9.99 Å². The van der Waals surface area contributed by atoms with Crippen LogP contribution in [0.25, 0.3) is 5.69 Å². The van der Waals surface area contributed by atoms with E-state index in [0.717, 1.165) is 22.6 Å². The van der Waals surface area contributed by atoms with Gasteiger partial charge < -0.3 is 18.8 Å². The number of aryl methyl sites for hydroxylation is 1. The predicted octanol–water partition coefficient (Wildman–Crippen LogP) is 4.05. The van der Waals surface area contributed by atoms with E-state index in [1.807, 2.05) is 36.6 Å². The van der Waals surface area contributed by atoms with Gasteiger partial charge in [-0.25, -0.2) is 10.2 Å². The van der Waals surface area contributed by atoms with E-state index in [0.29, 0.717) is 29.2 Å². The number of hydrogen-bond acceptors (Lipinski definition) is 6. The first kappa shape index (κ1) is 23.6. The van der Waals surface area contributed by atoms with E-state index >= 15 is 0 Å². The van der Waals surface area contributed by atoms with Gasteiger partial charge in [-0.05, 0) is 57.2 Å². The Labute approximate surface area is 192 Å². The Hall–Kier alpha value is -4.07. The predicted molar refractivity (Wildman–Crippen MR) is 126 cm³/mol. The molecule has 0 atom stereocenters. The van der Waals surface area contributed by atoms with Gasteiger partial charge in [0.1, 0.15) is 11.5 Å². The van der Waals surface area contributed by atoms with Crippen LogP contribution in [0.2, 0.25) is 0 Å². The highest BCUT2D eigenvalue weighted by atomic mass is 16.5. The SMILES string of the molecule is CCOC(=O)c1cccc(-n2c(C)cc(C=NNC(=O)c3ccc(OC)cc3OC)c2C)c1. The second-order valence-electron chi connectivity index (χ2n) is 7.20. The number of ether oxygens (including phenoxy) is 3. The zero-order chi connectivity index (χ0) is 24.0. The van der Waals surface area contributed by atoms with Crippen LogP contribution in [-0.2, 0) is 4.74 Å². The number of nitrogens with one attached hydrogen (secondary N) is 1.